The Labute approximate surface area is 113 Å². The third-order valence-electron chi connectivity index (χ3n) is 3.25. The van der Waals surface area contributed by atoms with E-state index in [9.17, 15) is 4.79 Å². The van der Waals surface area contributed by atoms with Gasteiger partial charge in [0.15, 0.2) is 0 Å². The third-order valence-corrected chi connectivity index (χ3v) is 3.25. The lowest BCUT2D eigenvalue weighted by Gasteiger charge is -2.18. The van der Waals surface area contributed by atoms with Crippen molar-refractivity contribution >= 4 is 16.9 Å². The van der Waals surface area contributed by atoms with E-state index in [1.807, 2.05) is 51.1 Å². The van der Waals surface area contributed by atoms with Crippen LogP contribution < -0.4 is 11.1 Å². The summed E-state index contributed by atoms with van der Waals surface area (Å²) >= 11 is 0. The molecule has 0 fully saturated rings. The number of nitrogens with one attached hydrogen (secondary N) is 1. The molecule has 3 N–H and O–H groups in total. The van der Waals surface area contributed by atoms with Crippen molar-refractivity contribution in [3.8, 4) is 0 Å². The van der Waals surface area contributed by atoms with Crippen molar-refractivity contribution < 1.29 is 9.21 Å². The minimum Gasteiger partial charge on any atom is -0.459 e. The normalized spacial score (nSPS) is 14.6. The molecule has 4 heteroatoms. The number of carbonyl (C=O) groups excluding carboxylic acids is 1. The molecule has 1 amide bonds. The summed E-state index contributed by atoms with van der Waals surface area (Å²) in [4.78, 5) is 11.9. The molecule has 1 aromatic heterocycles. The number of benzene rings is 1. The van der Waals surface area contributed by atoms with Crippen molar-refractivity contribution in [2.24, 2.45) is 11.7 Å². The van der Waals surface area contributed by atoms with Gasteiger partial charge in [0, 0.05) is 5.39 Å². The van der Waals surface area contributed by atoms with Gasteiger partial charge in [-0.1, -0.05) is 32.0 Å². The number of para-hydroxylation sites is 1. The van der Waals surface area contributed by atoms with Crippen LogP contribution in [0.5, 0.6) is 0 Å². The number of carbonyl (C=O) groups is 1. The molecule has 4 nitrogen and oxygen atoms in total. The van der Waals surface area contributed by atoms with E-state index < -0.39 is 6.04 Å². The molecular weight excluding hydrogens is 240 g/mol. The van der Waals surface area contributed by atoms with Crippen LogP contribution in [-0.2, 0) is 4.79 Å². The van der Waals surface area contributed by atoms with E-state index in [1.165, 1.54) is 0 Å². The van der Waals surface area contributed by atoms with Gasteiger partial charge in [-0.05, 0) is 25.0 Å². The first kappa shape index (κ1) is 13.6. The Hall–Kier alpha value is -1.81. The van der Waals surface area contributed by atoms with Crippen LogP contribution in [0.3, 0.4) is 0 Å². The van der Waals surface area contributed by atoms with Crippen LogP contribution in [0.25, 0.3) is 11.0 Å². The van der Waals surface area contributed by atoms with Gasteiger partial charge in [0.2, 0.25) is 5.91 Å². The maximum absolute atomic E-state index is 11.9. The lowest BCUT2D eigenvalue weighted by Crippen LogP contribution is -2.44. The van der Waals surface area contributed by atoms with Crippen molar-refractivity contribution in [2.45, 2.75) is 32.9 Å². The molecule has 0 aliphatic carbocycles. The van der Waals surface area contributed by atoms with Gasteiger partial charge < -0.3 is 15.5 Å². The van der Waals surface area contributed by atoms with E-state index in [0.29, 0.717) is 0 Å². The smallest absolute Gasteiger partial charge is 0.237 e. The molecule has 1 aromatic carbocycles. The minimum atomic E-state index is -0.494. The molecule has 2 atom stereocenters. The topological polar surface area (TPSA) is 68.3 Å². The first-order valence-corrected chi connectivity index (χ1v) is 6.53. The Morgan fingerprint density at radius 1 is 1.26 bits per heavy atom. The Morgan fingerprint density at radius 3 is 2.58 bits per heavy atom. The molecule has 19 heavy (non-hydrogen) atoms. The van der Waals surface area contributed by atoms with Crippen LogP contribution in [-0.4, -0.2) is 11.9 Å². The van der Waals surface area contributed by atoms with Crippen molar-refractivity contribution in [1.82, 2.24) is 5.32 Å². The van der Waals surface area contributed by atoms with Gasteiger partial charge in [-0.2, -0.15) is 0 Å². The Bertz CT molecular complexity index is 541. The molecule has 2 aromatic rings. The SMILES string of the molecule is CC(NC(=O)[C@H](N)C(C)C)c1cc2ccccc2o1. The highest BCUT2D eigenvalue weighted by atomic mass is 16.3. The summed E-state index contributed by atoms with van der Waals surface area (Å²) < 4.78 is 5.72. The number of hydrogen-bond donors (Lipinski definition) is 2. The van der Waals surface area contributed by atoms with E-state index >= 15 is 0 Å². The summed E-state index contributed by atoms with van der Waals surface area (Å²) in [5.74, 6) is 0.705. The van der Waals surface area contributed by atoms with Crippen molar-refractivity contribution in [2.75, 3.05) is 0 Å². The van der Waals surface area contributed by atoms with Crippen molar-refractivity contribution in [3.05, 3.63) is 36.1 Å². The summed E-state index contributed by atoms with van der Waals surface area (Å²) in [6.07, 6.45) is 0. The predicted octanol–water partition coefficient (Wildman–Crippen LogP) is 2.59. The molecule has 0 spiro atoms. The molecular formula is C15H20N2O2. The molecule has 0 radical (unpaired) electrons. The fraction of sp³-hybridized carbons (Fsp3) is 0.400. The standard InChI is InChI=1S/C15H20N2O2/c1-9(2)14(16)15(18)17-10(3)13-8-11-6-4-5-7-12(11)19-13/h4-10,14H,16H2,1-3H3,(H,17,18)/t10?,14-/m1/s1. The average molecular weight is 260 g/mol. The molecule has 1 unspecified atom stereocenters. The van der Waals surface area contributed by atoms with Crippen LogP contribution in [0.4, 0.5) is 0 Å². The summed E-state index contributed by atoms with van der Waals surface area (Å²) in [5.41, 5.74) is 6.64. The fourth-order valence-electron chi connectivity index (χ4n) is 1.90. The number of hydrogen-bond acceptors (Lipinski definition) is 3. The Kier molecular flexibility index (Phi) is 3.90. The maximum atomic E-state index is 11.9. The van der Waals surface area contributed by atoms with E-state index in [0.717, 1.165) is 16.7 Å². The second kappa shape index (κ2) is 5.45. The third kappa shape index (κ3) is 2.96. The largest absolute Gasteiger partial charge is 0.459 e. The van der Waals surface area contributed by atoms with E-state index in [2.05, 4.69) is 5.32 Å². The van der Waals surface area contributed by atoms with Crippen molar-refractivity contribution in [3.63, 3.8) is 0 Å². The van der Waals surface area contributed by atoms with Gasteiger partial charge in [-0.3, -0.25) is 4.79 Å². The lowest BCUT2D eigenvalue weighted by molar-refractivity contribution is -0.124. The highest BCUT2D eigenvalue weighted by Crippen LogP contribution is 2.23. The van der Waals surface area contributed by atoms with Gasteiger partial charge in [-0.25, -0.2) is 0 Å². The van der Waals surface area contributed by atoms with Crippen LogP contribution >= 0.6 is 0 Å². The Morgan fingerprint density at radius 2 is 1.95 bits per heavy atom. The summed E-state index contributed by atoms with van der Waals surface area (Å²) in [7, 11) is 0. The zero-order valence-corrected chi connectivity index (χ0v) is 11.5. The average Bonchev–Trinajstić information content (AvgIpc) is 2.81. The van der Waals surface area contributed by atoms with Crippen LogP contribution in [0.1, 0.15) is 32.6 Å². The zero-order valence-electron chi connectivity index (χ0n) is 11.5. The molecule has 0 aliphatic rings. The molecule has 0 bridgehead atoms. The lowest BCUT2D eigenvalue weighted by atomic mass is 10.0. The van der Waals surface area contributed by atoms with Gasteiger partial charge >= 0.3 is 0 Å². The summed E-state index contributed by atoms with van der Waals surface area (Å²) in [6, 6.07) is 9.04. The van der Waals surface area contributed by atoms with E-state index in [-0.39, 0.29) is 17.9 Å². The highest BCUT2D eigenvalue weighted by molar-refractivity contribution is 5.82. The number of fused-ring (bicyclic) bond motifs is 1. The van der Waals surface area contributed by atoms with E-state index in [4.69, 9.17) is 10.2 Å². The quantitative estimate of drug-likeness (QED) is 0.887. The molecule has 0 saturated heterocycles. The van der Waals surface area contributed by atoms with Crippen molar-refractivity contribution in [1.29, 1.82) is 0 Å². The first-order chi connectivity index (χ1) is 8.99. The number of rotatable bonds is 4. The van der Waals surface area contributed by atoms with Gasteiger partial charge in [0.05, 0.1) is 12.1 Å². The van der Waals surface area contributed by atoms with Gasteiger partial charge in [0.1, 0.15) is 11.3 Å². The fourth-order valence-corrected chi connectivity index (χ4v) is 1.90. The highest BCUT2D eigenvalue weighted by Gasteiger charge is 2.20. The molecule has 1 heterocycles. The number of amides is 1. The number of furan rings is 1. The van der Waals surface area contributed by atoms with E-state index in [1.54, 1.807) is 0 Å². The molecule has 102 valence electrons. The zero-order chi connectivity index (χ0) is 14.0. The minimum absolute atomic E-state index is 0.114. The second-order valence-electron chi connectivity index (χ2n) is 5.19. The van der Waals surface area contributed by atoms with Crippen LogP contribution in [0.2, 0.25) is 0 Å². The second-order valence-corrected chi connectivity index (χ2v) is 5.19. The summed E-state index contributed by atoms with van der Waals surface area (Å²) in [6.45, 7) is 5.74. The predicted molar refractivity (Wildman–Crippen MR) is 75.6 cm³/mol. The molecule has 2 rings (SSSR count). The monoisotopic (exact) mass is 260 g/mol. The molecule has 0 aliphatic heterocycles. The Balaban J connectivity index is 2.11. The molecule has 0 saturated carbocycles. The summed E-state index contributed by atoms with van der Waals surface area (Å²) in [5, 5.41) is 3.91. The first-order valence-electron chi connectivity index (χ1n) is 6.53. The maximum Gasteiger partial charge on any atom is 0.237 e. The van der Waals surface area contributed by atoms with Gasteiger partial charge in [-0.15, -0.1) is 0 Å². The van der Waals surface area contributed by atoms with Gasteiger partial charge in [0.25, 0.3) is 0 Å². The van der Waals surface area contributed by atoms with Crippen LogP contribution in [0, 0.1) is 5.92 Å². The van der Waals surface area contributed by atoms with Crippen LogP contribution in [0.15, 0.2) is 34.7 Å². The number of nitrogens with two attached hydrogens (primary N) is 1.